The fourth-order valence-corrected chi connectivity index (χ4v) is 3.53. The fourth-order valence-electron chi connectivity index (χ4n) is 3.07. The van der Waals surface area contributed by atoms with Crippen molar-refractivity contribution in [2.24, 2.45) is 0 Å². The van der Waals surface area contributed by atoms with Gasteiger partial charge in [-0.15, -0.1) is 0 Å². The number of rotatable bonds is 5. The summed E-state index contributed by atoms with van der Waals surface area (Å²) in [4.78, 5) is 16.0. The van der Waals surface area contributed by atoms with E-state index in [0.717, 1.165) is 11.1 Å². The Hall–Kier alpha value is -2.77. The smallest absolute Gasteiger partial charge is 0.229 e. The van der Waals surface area contributed by atoms with Crippen molar-refractivity contribution >= 4 is 35.1 Å². The first-order valence-electron chi connectivity index (χ1n) is 8.49. The summed E-state index contributed by atoms with van der Waals surface area (Å²) < 4.78 is 13.1. The van der Waals surface area contributed by atoms with Gasteiger partial charge in [-0.2, -0.15) is 10.1 Å². The van der Waals surface area contributed by atoms with Gasteiger partial charge in [0.05, 0.1) is 19.6 Å². The number of carbonyl (C=O) groups is 1. The summed E-state index contributed by atoms with van der Waals surface area (Å²) >= 11 is 12.1. The van der Waals surface area contributed by atoms with Gasteiger partial charge in [0.1, 0.15) is 12.9 Å². The maximum atomic E-state index is 12.0. The van der Waals surface area contributed by atoms with Gasteiger partial charge in [-0.3, -0.25) is 10.1 Å². The third-order valence-electron chi connectivity index (χ3n) is 4.47. The third-order valence-corrected chi connectivity index (χ3v) is 5.06. The first-order chi connectivity index (χ1) is 13.5. The molecular weight excluding hydrogens is 403 g/mol. The molecule has 1 atom stereocenters. The Bertz CT molecular complexity index is 1040. The summed E-state index contributed by atoms with van der Waals surface area (Å²) in [5, 5.41) is 8.02. The number of nitrogens with zero attached hydrogens (tertiary/aromatic N) is 3. The molecule has 1 aliphatic heterocycles. The van der Waals surface area contributed by atoms with Crippen molar-refractivity contribution in [1.29, 1.82) is 0 Å². The predicted molar refractivity (Wildman–Crippen MR) is 105 cm³/mol. The van der Waals surface area contributed by atoms with Gasteiger partial charge in [-0.1, -0.05) is 35.3 Å². The summed E-state index contributed by atoms with van der Waals surface area (Å²) in [7, 11) is 1.57. The molecule has 2 aromatic carbocycles. The van der Waals surface area contributed by atoms with Crippen molar-refractivity contribution in [2.75, 3.05) is 12.4 Å². The number of nitrogens with one attached hydrogen (secondary N) is 1. The highest BCUT2D eigenvalue weighted by Crippen LogP contribution is 2.35. The van der Waals surface area contributed by atoms with Crippen LogP contribution in [0.5, 0.6) is 11.5 Å². The number of benzene rings is 2. The van der Waals surface area contributed by atoms with E-state index in [1.165, 1.54) is 6.33 Å². The quantitative estimate of drug-likeness (QED) is 0.674. The Labute approximate surface area is 171 Å². The standard InChI is InChI=1S/C19H16Cl2N4O3/c1-27-17-6-11(15-8-18(26)24-19-22-10-23-25(15)19)3-5-16(17)28-9-12-2-4-13(20)7-14(12)21/h2-7,10,15H,8-9H2,1H3,(H,22,23,24,26)/t15-/m0/s1. The van der Waals surface area contributed by atoms with Gasteiger partial charge >= 0.3 is 0 Å². The molecule has 1 aliphatic rings. The zero-order valence-corrected chi connectivity index (χ0v) is 16.4. The van der Waals surface area contributed by atoms with Crippen molar-refractivity contribution in [3.8, 4) is 11.5 Å². The van der Waals surface area contributed by atoms with Crippen LogP contribution >= 0.6 is 23.2 Å². The lowest BCUT2D eigenvalue weighted by Gasteiger charge is -2.24. The number of halogens is 2. The molecule has 1 N–H and O–H groups in total. The molecule has 28 heavy (non-hydrogen) atoms. The Morgan fingerprint density at radius 3 is 2.86 bits per heavy atom. The molecule has 9 heteroatoms. The lowest BCUT2D eigenvalue weighted by atomic mass is 10.0. The lowest BCUT2D eigenvalue weighted by molar-refractivity contribution is -0.117. The maximum Gasteiger partial charge on any atom is 0.229 e. The number of hydrogen-bond donors (Lipinski definition) is 1. The van der Waals surface area contributed by atoms with E-state index >= 15 is 0 Å². The minimum absolute atomic E-state index is 0.109. The van der Waals surface area contributed by atoms with Crippen molar-refractivity contribution in [1.82, 2.24) is 14.8 Å². The summed E-state index contributed by atoms with van der Waals surface area (Å²) in [5.74, 6) is 1.44. The first kappa shape index (κ1) is 18.6. The van der Waals surface area contributed by atoms with Gasteiger partial charge in [-0.05, 0) is 29.8 Å². The van der Waals surface area contributed by atoms with Gasteiger partial charge in [0.2, 0.25) is 11.9 Å². The van der Waals surface area contributed by atoms with E-state index in [1.807, 2.05) is 18.2 Å². The van der Waals surface area contributed by atoms with Crippen LogP contribution in [0.1, 0.15) is 23.6 Å². The molecular formula is C19H16Cl2N4O3. The number of methoxy groups -OCH3 is 1. The molecule has 0 spiro atoms. The Kier molecular flexibility index (Phi) is 5.11. The largest absolute Gasteiger partial charge is 0.493 e. The van der Waals surface area contributed by atoms with Crippen LogP contribution in [0.4, 0.5) is 5.95 Å². The highest BCUT2D eigenvalue weighted by molar-refractivity contribution is 6.35. The Balaban J connectivity index is 1.58. The van der Waals surface area contributed by atoms with E-state index in [4.69, 9.17) is 32.7 Å². The molecule has 0 bridgehead atoms. The molecule has 0 saturated carbocycles. The van der Waals surface area contributed by atoms with Crippen LogP contribution in [0, 0.1) is 0 Å². The monoisotopic (exact) mass is 418 g/mol. The second-order valence-electron chi connectivity index (χ2n) is 6.23. The molecule has 144 valence electrons. The highest BCUT2D eigenvalue weighted by Gasteiger charge is 2.28. The molecule has 0 aliphatic carbocycles. The number of anilines is 1. The van der Waals surface area contributed by atoms with Gasteiger partial charge in [0, 0.05) is 15.6 Å². The van der Waals surface area contributed by atoms with Crippen LogP contribution in [-0.4, -0.2) is 27.8 Å². The van der Waals surface area contributed by atoms with Crippen molar-refractivity contribution in [3.05, 3.63) is 63.9 Å². The van der Waals surface area contributed by atoms with Crippen LogP contribution < -0.4 is 14.8 Å². The van der Waals surface area contributed by atoms with E-state index in [9.17, 15) is 4.79 Å². The normalized spacial score (nSPS) is 15.7. The highest BCUT2D eigenvalue weighted by atomic mass is 35.5. The number of aromatic nitrogens is 3. The molecule has 1 amide bonds. The Morgan fingerprint density at radius 1 is 1.21 bits per heavy atom. The first-order valence-corrected chi connectivity index (χ1v) is 9.25. The van der Waals surface area contributed by atoms with Crippen LogP contribution in [0.2, 0.25) is 10.0 Å². The van der Waals surface area contributed by atoms with Gasteiger partial charge in [-0.25, -0.2) is 4.68 Å². The fraction of sp³-hybridized carbons (Fsp3) is 0.211. The number of fused-ring (bicyclic) bond motifs is 1. The van der Waals surface area contributed by atoms with Crippen LogP contribution in [0.3, 0.4) is 0 Å². The number of ether oxygens (including phenoxy) is 2. The second-order valence-corrected chi connectivity index (χ2v) is 7.07. The topological polar surface area (TPSA) is 78.3 Å². The van der Waals surface area contributed by atoms with Gasteiger partial charge < -0.3 is 9.47 Å². The minimum Gasteiger partial charge on any atom is -0.493 e. The number of carbonyl (C=O) groups excluding carboxylic acids is 1. The zero-order chi connectivity index (χ0) is 19.7. The summed E-state index contributed by atoms with van der Waals surface area (Å²) in [6, 6.07) is 10.5. The molecule has 0 saturated heterocycles. The van der Waals surface area contributed by atoms with Crippen LogP contribution in [-0.2, 0) is 11.4 Å². The van der Waals surface area contributed by atoms with Gasteiger partial charge in [0.25, 0.3) is 0 Å². The second kappa shape index (κ2) is 7.69. The molecule has 2 heterocycles. The van der Waals surface area contributed by atoms with Crippen molar-refractivity contribution in [3.63, 3.8) is 0 Å². The van der Waals surface area contributed by atoms with Crippen molar-refractivity contribution in [2.45, 2.75) is 19.1 Å². The molecule has 0 radical (unpaired) electrons. The predicted octanol–water partition coefficient (Wildman–Crippen LogP) is 4.10. The Morgan fingerprint density at radius 2 is 2.07 bits per heavy atom. The van der Waals surface area contributed by atoms with E-state index < -0.39 is 0 Å². The SMILES string of the molecule is COc1cc([C@@H]2CC(=O)Nc3ncnn32)ccc1OCc1ccc(Cl)cc1Cl. The molecule has 0 fully saturated rings. The number of amides is 1. The molecule has 1 aromatic heterocycles. The van der Waals surface area contributed by atoms with Crippen LogP contribution in [0.15, 0.2) is 42.7 Å². The van der Waals surface area contributed by atoms with E-state index in [0.29, 0.717) is 27.5 Å². The molecule has 4 rings (SSSR count). The summed E-state index contributed by atoms with van der Waals surface area (Å²) in [6.45, 7) is 0.269. The summed E-state index contributed by atoms with van der Waals surface area (Å²) in [6.07, 6.45) is 1.68. The maximum absolute atomic E-state index is 12.0. The van der Waals surface area contributed by atoms with Crippen molar-refractivity contribution < 1.29 is 14.3 Å². The number of hydrogen-bond acceptors (Lipinski definition) is 5. The average Bonchev–Trinajstić information content (AvgIpc) is 3.15. The molecule has 7 nitrogen and oxygen atoms in total. The summed E-state index contributed by atoms with van der Waals surface area (Å²) in [5.41, 5.74) is 1.68. The lowest BCUT2D eigenvalue weighted by Crippen LogP contribution is -2.29. The average molecular weight is 419 g/mol. The zero-order valence-electron chi connectivity index (χ0n) is 14.9. The van der Waals surface area contributed by atoms with E-state index in [2.05, 4.69) is 15.4 Å². The minimum atomic E-state index is -0.264. The molecule has 0 unspecified atom stereocenters. The van der Waals surface area contributed by atoms with Gasteiger partial charge in [0.15, 0.2) is 11.5 Å². The third kappa shape index (κ3) is 3.63. The van der Waals surface area contributed by atoms with E-state index in [1.54, 1.807) is 30.0 Å². The van der Waals surface area contributed by atoms with Crippen LogP contribution in [0.25, 0.3) is 0 Å². The molecule has 3 aromatic rings. The van der Waals surface area contributed by atoms with E-state index in [-0.39, 0.29) is 25.0 Å².